The number of aliphatic hydroxyl groups is 2. The molecule has 0 spiro atoms. The SMILES string of the molecule is N#Cc1cc(C(O)C(O)CNC(=O)OCc2ccccc2)cnc1N. The van der Waals surface area contributed by atoms with Gasteiger partial charge >= 0.3 is 6.09 Å². The van der Waals surface area contributed by atoms with E-state index in [0.29, 0.717) is 0 Å². The van der Waals surface area contributed by atoms with Crippen molar-refractivity contribution in [1.82, 2.24) is 10.3 Å². The third kappa shape index (κ3) is 5.17. The number of ether oxygens (including phenoxy) is 1. The van der Waals surface area contributed by atoms with E-state index in [-0.39, 0.29) is 30.1 Å². The molecule has 2 rings (SSSR count). The van der Waals surface area contributed by atoms with Gasteiger partial charge in [-0.05, 0) is 11.6 Å². The van der Waals surface area contributed by atoms with Gasteiger partial charge in [-0.1, -0.05) is 30.3 Å². The van der Waals surface area contributed by atoms with Crippen LogP contribution < -0.4 is 11.1 Å². The van der Waals surface area contributed by atoms with E-state index >= 15 is 0 Å². The smallest absolute Gasteiger partial charge is 0.407 e. The predicted octanol–water partition coefficient (Wildman–Crippen LogP) is 0.856. The topological polar surface area (TPSA) is 141 Å². The molecule has 8 heteroatoms. The van der Waals surface area contributed by atoms with Crippen molar-refractivity contribution in [3.63, 3.8) is 0 Å². The van der Waals surface area contributed by atoms with Crippen LogP contribution in [0.5, 0.6) is 0 Å². The van der Waals surface area contributed by atoms with Crippen molar-refractivity contribution in [3.05, 3.63) is 59.3 Å². The number of aliphatic hydroxyl groups excluding tert-OH is 2. The van der Waals surface area contributed by atoms with Crippen molar-refractivity contribution in [3.8, 4) is 6.07 Å². The summed E-state index contributed by atoms with van der Waals surface area (Å²) >= 11 is 0. The van der Waals surface area contributed by atoms with Crippen LogP contribution in [0.1, 0.15) is 22.8 Å². The number of hydrogen-bond donors (Lipinski definition) is 4. The number of hydrogen-bond acceptors (Lipinski definition) is 7. The highest BCUT2D eigenvalue weighted by Crippen LogP contribution is 2.19. The van der Waals surface area contributed by atoms with Gasteiger partial charge in [0.05, 0.1) is 5.56 Å². The summed E-state index contributed by atoms with van der Waals surface area (Å²) in [4.78, 5) is 15.4. The fraction of sp³-hybridized carbons (Fsp3) is 0.235. The molecular weight excluding hydrogens is 324 g/mol. The van der Waals surface area contributed by atoms with E-state index < -0.39 is 18.3 Å². The van der Waals surface area contributed by atoms with E-state index in [0.717, 1.165) is 5.56 Å². The average Bonchev–Trinajstić information content (AvgIpc) is 2.65. The molecule has 25 heavy (non-hydrogen) atoms. The summed E-state index contributed by atoms with van der Waals surface area (Å²) < 4.78 is 5.00. The first-order valence-corrected chi connectivity index (χ1v) is 7.47. The van der Waals surface area contributed by atoms with Crippen molar-refractivity contribution in [2.24, 2.45) is 0 Å². The number of nitrogens with zero attached hydrogens (tertiary/aromatic N) is 2. The lowest BCUT2D eigenvalue weighted by atomic mass is 10.0. The van der Waals surface area contributed by atoms with E-state index in [1.807, 2.05) is 36.4 Å². The minimum atomic E-state index is -1.34. The quantitative estimate of drug-likeness (QED) is 0.610. The van der Waals surface area contributed by atoms with E-state index in [1.165, 1.54) is 12.3 Å². The van der Waals surface area contributed by atoms with Gasteiger partial charge in [-0.15, -0.1) is 0 Å². The number of carbonyl (C=O) groups excluding carboxylic acids is 1. The zero-order valence-electron chi connectivity index (χ0n) is 13.3. The number of amides is 1. The van der Waals surface area contributed by atoms with Gasteiger partial charge in [0.25, 0.3) is 0 Å². The molecule has 8 nitrogen and oxygen atoms in total. The fourth-order valence-electron chi connectivity index (χ4n) is 2.04. The van der Waals surface area contributed by atoms with Gasteiger partial charge in [0.2, 0.25) is 0 Å². The van der Waals surface area contributed by atoms with Crippen molar-refractivity contribution in [2.75, 3.05) is 12.3 Å². The number of alkyl carbamates (subject to hydrolysis) is 1. The molecule has 1 aromatic heterocycles. The number of carbonyl (C=O) groups is 1. The number of nitriles is 1. The molecule has 2 unspecified atom stereocenters. The second kappa shape index (κ2) is 8.63. The van der Waals surface area contributed by atoms with Crippen LogP contribution in [0.15, 0.2) is 42.6 Å². The van der Waals surface area contributed by atoms with Crippen molar-refractivity contribution >= 4 is 11.9 Å². The first kappa shape index (κ1) is 18.2. The number of nitrogens with one attached hydrogen (secondary N) is 1. The summed E-state index contributed by atoms with van der Waals surface area (Å²) in [6.07, 6.45) is -2.10. The number of anilines is 1. The standard InChI is InChI=1S/C17H18N4O4/c18-7-12-6-13(8-20-16(12)19)15(23)14(22)9-21-17(24)25-10-11-4-2-1-3-5-11/h1-6,8,14-15,22-23H,9-10H2,(H2,19,20)(H,21,24). The first-order chi connectivity index (χ1) is 12.0. The van der Waals surface area contributed by atoms with E-state index in [4.69, 9.17) is 15.7 Å². The summed E-state index contributed by atoms with van der Waals surface area (Å²) in [5.74, 6) is 0.0376. The highest BCUT2D eigenvalue weighted by Gasteiger charge is 2.20. The Balaban J connectivity index is 1.83. The normalized spacial score (nSPS) is 12.7. The molecule has 0 bridgehead atoms. The number of nitrogens with two attached hydrogens (primary N) is 1. The molecule has 0 fully saturated rings. The van der Waals surface area contributed by atoms with Crippen molar-refractivity contribution in [2.45, 2.75) is 18.8 Å². The molecule has 0 aliphatic heterocycles. The molecule has 1 aromatic carbocycles. The molecule has 0 aliphatic rings. The summed E-state index contributed by atoms with van der Waals surface area (Å²) in [5, 5.41) is 31.3. The first-order valence-electron chi connectivity index (χ1n) is 7.47. The van der Waals surface area contributed by atoms with Crippen LogP contribution >= 0.6 is 0 Å². The van der Waals surface area contributed by atoms with Crippen LogP contribution in [-0.2, 0) is 11.3 Å². The molecule has 2 aromatic rings. The number of nitrogen functional groups attached to an aromatic ring is 1. The van der Waals surface area contributed by atoms with Crippen LogP contribution in [0.2, 0.25) is 0 Å². The molecule has 2 atom stereocenters. The number of benzene rings is 1. The van der Waals surface area contributed by atoms with Gasteiger partial charge in [-0.3, -0.25) is 0 Å². The molecule has 0 saturated carbocycles. The highest BCUT2D eigenvalue weighted by molar-refractivity contribution is 5.67. The minimum Gasteiger partial charge on any atom is -0.445 e. The Morgan fingerprint density at radius 3 is 2.76 bits per heavy atom. The lowest BCUT2D eigenvalue weighted by Gasteiger charge is -2.18. The van der Waals surface area contributed by atoms with Gasteiger partial charge < -0.3 is 26.0 Å². The lowest BCUT2D eigenvalue weighted by molar-refractivity contribution is 0.0182. The Morgan fingerprint density at radius 1 is 1.36 bits per heavy atom. The maximum atomic E-state index is 11.6. The van der Waals surface area contributed by atoms with Gasteiger partial charge in [-0.25, -0.2) is 9.78 Å². The van der Waals surface area contributed by atoms with Crippen LogP contribution in [-0.4, -0.2) is 33.9 Å². The van der Waals surface area contributed by atoms with E-state index in [1.54, 1.807) is 0 Å². The second-order valence-electron chi connectivity index (χ2n) is 5.27. The highest BCUT2D eigenvalue weighted by atomic mass is 16.5. The Bertz CT molecular complexity index is 761. The van der Waals surface area contributed by atoms with Crippen molar-refractivity contribution in [1.29, 1.82) is 5.26 Å². The van der Waals surface area contributed by atoms with Crippen LogP contribution in [0.4, 0.5) is 10.6 Å². The van der Waals surface area contributed by atoms with Crippen LogP contribution in [0, 0.1) is 11.3 Å². The molecule has 1 amide bonds. The predicted molar refractivity (Wildman–Crippen MR) is 89.0 cm³/mol. The molecule has 130 valence electrons. The average molecular weight is 342 g/mol. The van der Waals surface area contributed by atoms with Gasteiger partial charge in [0, 0.05) is 18.3 Å². The lowest BCUT2D eigenvalue weighted by Crippen LogP contribution is -2.35. The summed E-state index contributed by atoms with van der Waals surface area (Å²) in [6.45, 7) is -0.139. The number of rotatable bonds is 6. The van der Waals surface area contributed by atoms with Gasteiger partial charge in [0.1, 0.15) is 30.7 Å². The van der Waals surface area contributed by atoms with Crippen molar-refractivity contribution < 1.29 is 19.7 Å². The van der Waals surface area contributed by atoms with Crippen LogP contribution in [0.3, 0.4) is 0 Å². The monoisotopic (exact) mass is 342 g/mol. The summed E-state index contributed by atoms with van der Waals surface area (Å²) in [5.41, 5.74) is 6.65. The maximum Gasteiger partial charge on any atom is 0.407 e. The largest absolute Gasteiger partial charge is 0.445 e. The van der Waals surface area contributed by atoms with E-state index in [2.05, 4.69) is 10.3 Å². The molecular formula is C17H18N4O4. The Labute approximate surface area is 144 Å². The molecule has 1 heterocycles. The third-order valence-electron chi connectivity index (χ3n) is 3.43. The van der Waals surface area contributed by atoms with E-state index in [9.17, 15) is 15.0 Å². The second-order valence-corrected chi connectivity index (χ2v) is 5.27. The summed E-state index contributed by atoms with van der Waals surface area (Å²) in [6, 6.07) is 12.3. The Kier molecular flexibility index (Phi) is 6.28. The summed E-state index contributed by atoms with van der Waals surface area (Å²) in [7, 11) is 0. The Morgan fingerprint density at radius 2 is 2.08 bits per heavy atom. The van der Waals surface area contributed by atoms with Gasteiger partial charge in [-0.2, -0.15) is 5.26 Å². The van der Waals surface area contributed by atoms with Gasteiger partial charge in [0.15, 0.2) is 0 Å². The zero-order chi connectivity index (χ0) is 18.2. The fourth-order valence-corrected chi connectivity index (χ4v) is 2.04. The molecule has 0 saturated heterocycles. The number of pyridine rings is 1. The molecule has 5 N–H and O–H groups in total. The molecule has 0 radical (unpaired) electrons. The van der Waals surface area contributed by atoms with Crippen LogP contribution in [0.25, 0.3) is 0 Å². The number of aromatic nitrogens is 1. The zero-order valence-corrected chi connectivity index (χ0v) is 13.3. The molecule has 0 aliphatic carbocycles. The third-order valence-corrected chi connectivity index (χ3v) is 3.43. The maximum absolute atomic E-state index is 11.6. The minimum absolute atomic E-state index is 0.0376. The Hall–Kier alpha value is -3.15.